The quantitative estimate of drug-likeness (QED) is 0.494. The molecule has 2 aromatic carbocycles. The van der Waals surface area contributed by atoms with Crippen LogP contribution in [-0.4, -0.2) is 26.4 Å². The number of hydrogen-bond donors (Lipinski definition) is 1. The highest BCUT2D eigenvalue weighted by molar-refractivity contribution is 7.99. The number of halogens is 2. The Labute approximate surface area is 183 Å². The van der Waals surface area contributed by atoms with Gasteiger partial charge in [-0.1, -0.05) is 53.2 Å². The van der Waals surface area contributed by atoms with E-state index < -0.39 is 0 Å². The van der Waals surface area contributed by atoms with E-state index in [-0.39, 0.29) is 17.8 Å². The highest BCUT2D eigenvalue weighted by atomic mass is 35.5. The molecule has 29 heavy (non-hydrogen) atoms. The van der Waals surface area contributed by atoms with Crippen LogP contribution in [0.5, 0.6) is 5.75 Å². The molecule has 0 aliphatic carbocycles. The summed E-state index contributed by atoms with van der Waals surface area (Å²) < 4.78 is 7.71. The number of anilines is 1. The van der Waals surface area contributed by atoms with Gasteiger partial charge in [-0.05, 0) is 43.7 Å². The lowest BCUT2D eigenvalue weighted by Crippen LogP contribution is -2.15. The molecule has 0 fully saturated rings. The van der Waals surface area contributed by atoms with E-state index in [2.05, 4.69) is 15.5 Å². The third-order valence-corrected chi connectivity index (χ3v) is 5.75. The summed E-state index contributed by atoms with van der Waals surface area (Å²) in [6, 6.07) is 12.6. The van der Waals surface area contributed by atoms with E-state index in [9.17, 15) is 4.79 Å². The Hall–Kier alpha value is -2.22. The number of hydrogen-bond acceptors (Lipinski definition) is 5. The molecule has 0 radical (unpaired) electrons. The number of aromatic nitrogens is 3. The Bertz CT molecular complexity index is 1030. The monoisotopic (exact) mass is 450 g/mol. The van der Waals surface area contributed by atoms with Crippen molar-refractivity contribution < 1.29 is 9.53 Å². The zero-order valence-corrected chi connectivity index (χ0v) is 18.5. The lowest BCUT2D eigenvalue weighted by Gasteiger charge is -2.15. The van der Waals surface area contributed by atoms with Gasteiger partial charge >= 0.3 is 0 Å². The molecule has 3 rings (SSSR count). The van der Waals surface area contributed by atoms with Crippen molar-refractivity contribution in [3.63, 3.8) is 0 Å². The number of para-hydroxylation sites is 1. The van der Waals surface area contributed by atoms with Gasteiger partial charge in [0.15, 0.2) is 17.1 Å². The molecule has 0 saturated carbocycles. The van der Waals surface area contributed by atoms with Crippen LogP contribution in [0.2, 0.25) is 10.0 Å². The van der Waals surface area contributed by atoms with Crippen LogP contribution in [0.4, 0.5) is 5.69 Å². The Morgan fingerprint density at radius 1 is 1.24 bits per heavy atom. The summed E-state index contributed by atoms with van der Waals surface area (Å²) in [6.07, 6.45) is -0.357. The summed E-state index contributed by atoms with van der Waals surface area (Å²) in [4.78, 5) is 12.3. The molecule has 3 aromatic rings. The number of aryl methyl sites for hydroxylation is 1. The van der Waals surface area contributed by atoms with Crippen LogP contribution >= 0.6 is 35.0 Å². The maximum atomic E-state index is 12.3. The first-order valence-corrected chi connectivity index (χ1v) is 10.6. The maximum Gasteiger partial charge on any atom is 0.234 e. The molecule has 1 N–H and O–H groups in total. The van der Waals surface area contributed by atoms with Crippen molar-refractivity contribution in [2.75, 3.05) is 11.1 Å². The Morgan fingerprint density at radius 2 is 2.00 bits per heavy atom. The lowest BCUT2D eigenvalue weighted by molar-refractivity contribution is -0.113. The standard InChI is InChI=1S/C20H20Cl2N4O2S/c1-12-8-9-14(21)10-16(12)23-18(27)11-29-20-25-24-19(26(20)3)13(2)28-17-7-5-4-6-15(17)22/h4-10,13H,11H2,1-3H3,(H,23,27). The highest BCUT2D eigenvalue weighted by Crippen LogP contribution is 2.29. The Kier molecular flexibility index (Phi) is 7.05. The van der Waals surface area contributed by atoms with Crippen molar-refractivity contribution >= 4 is 46.6 Å². The first-order valence-electron chi connectivity index (χ1n) is 8.84. The van der Waals surface area contributed by atoms with Gasteiger partial charge in [-0.2, -0.15) is 0 Å². The molecule has 1 amide bonds. The van der Waals surface area contributed by atoms with E-state index in [1.807, 2.05) is 43.7 Å². The SMILES string of the molecule is Cc1ccc(Cl)cc1NC(=O)CSc1nnc(C(C)Oc2ccccc2Cl)n1C. The highest BCUT2D eigenvalue weighted by Gasteiger charge is 2.19. The van der Waals surface area contributed by atoms with Crippen LogP contribution in [0, 0.1) is 6.92 Å². The molecule has 0 saturated heterocycles. The number of benzene rings is 2. The van der Waals surface area contributed by atoms with E-state index in [0.717, 1.165) is 5.56 Å². The number of ether oxygens (including phenoxy) is 1. The minimum Gasteiger partial charge on any atom is -0.481 e. The first kappa shape index (κ1) is 21.5. The fourth-order valence-electron chi connectivity index (χ4n) is 2.63. The minimum absolute atomic E-state index is 0.148. The zero-order valence-electron chi connectivity index (χ0n) is 16.1. The van der Waals surface area contributed by atoms with Crippen molar-refractivity contribution in [2.45, 2.75) is 25.1 Å². The second-order valence-electron chi connectivity index (χ2n) is 6.39. The number of amides is 1. The van der Waals surface area contributed by atoms with E-state index in [4.69, 9.17) is 27.9 Å². The summed E-state index contributed by atoms with van der Waals surface area (Å²) in [5, 5.41) is 13.0. The van der Waals surface area contributed by atoms with Crippen molar-refractivity contribution in [1.29, 1.82) is 0 Å². The van der Waals surface area contributed by atoms with Gasteiger partial charge in [0.1, 0.15) is 5.75 Å². The molecule has 6 nitrogen and oxygen atoms in total. The van der Waals surface area contributed by atoms with Crippen LogP contribution in [0.3, 0.4) is 0 Å². The zero-order chi connectivity index (χ0) is 21.0. The summed E-state index contributed by atoms with van der Waals surface area (Å²) in [5.41, 5.74) is 1.64. The van der Waals surface area contributed by atoms with Crippen LogP contribution in [-0.2, 0) is 11.8 Å². The normalized spacial score (nSPS) is 11.9. The maximum absolute atomic E-state index is 12.3. The summed E-state index contributed by atoms with van der Waals surface area (Å²) >= 11 is 13.4. The molecule has 1 unspecified atom stereocenters. The summed E-state index contributed by atoms with van der Waals surface area (Å²) in [5.74, 6) is 1.26. The molecular weight excluding hydrogens is 431 g/mol. The first-order chi connectivity index (χ1) is 13.8. The fraction of sp³-hybridized carbons (Fsp3) is 0.250. The lowest BCUT2D eigenvalue weighted by atomic mass is 10.2. The van der Waals surface area contributed by atoms with Crippen LogP contribution < -0.4 is 10.1 Å². The third-order valence-electron chi connectivity index (χ3n) is 4.18. The van der Waals surface area contributed by atoms with E-state index in [0.29, 0.717) is 32.5 Å². The van der Waals surface area contributed by atoms with Gasteiger partial charge in [-0.25, -0.2) is 0 Å². The van der Waals surface area contributed by atoms with Crippen molar-refractivity contribution in [3.8, 4) is 5.75 Å². The minimum atomic E-state index is -0.357. The second-order valence-corrected chi connectivity index (χ2v) is 8.17. The van der Waals surface area contributed by atoms with Gasteiger partial charge in [0.05, 0.1) is 10.8 Å². The molecular formula is C20H20Cl2N4O2S. The number of carbonyl (C=O) groups is 1. The van der Waals surface area contributed by atoms with Crippen LogP contribution in [0.15, 0.2) is 47.6 Å². The van der Waals surface area contributed by atoms with Crippen molar-refractivity contribution in [3.05, 3.63) is 63.9 Å². The number of carbonyl (C=O) groups excluding carboxylic acids is 1. The van der Waals surface area contributed by atoms with E-state index in [1.54, 1.807) is 24.3 Å². The fourth-order valence-corrected chi connectivity index (χ4v) is 3.71. The molecule has 0 spiro atoms. The van der Waals surface area contributed by atoms with Crippen molar-refractivity contribution in [1.82, 2.24) is 14.8 Å². The second kappa shape index (κ2) is 9.52. The van der Waals surface area contributed by atoms with Crippen molar-refractivity contribution in [2.24, 2.45) is 7.05 Å². The van der Waals surface area contributed by atoms with Gasteiger partial charge in [0, 0.05) is 17.8 Å². The third kappa shape index (κ3) is 5.44. The number of nitrogens with one attached hydrogen (secondary N) is 1. The molecule has 1 aromatic heterocycles. The Balaban J connectivity index is 1.61. The van der Waals surface area contributed by atoms with Crippen LogP contribution in [0.25, 0.3) is 0 Å². The van der Waals surface area contributed by atoms with Crippen LogP contribution in [0.1, 0.15) is 24.4 Å². The number of rotatable bonds is 7. The van der Waals surface area contributed by atoms with Gasteiger partial charge in [0.2, 0.25) is 5.91 Å². The van der Waals surface area contributed by atoms with E-state index >= 15 is 0 Å². The molecule has 0 aliphatic heterocycles. The number of thioether (sulfide) groups is 1. The molecule has 1 heterocycles. The smallest absolute Gasteiger partial charge is 0.234 e. The van der Waals surface area contributed by atoms with E-state index in [1.165, 1.54) is 11.8 Å². The molecule has 152 valence electrons. The predicted octanol–water partition coefficient (Wildman–Crippen LogP) is 5.30. The molecule has 0 bridgehead atoms. The molecule has 0 aliphatic rings. The Morgan fingerprint density at radius 3 is 2.76 bits per heavy atom. The average Bonchev–Trinajstić information content (AvgIpc) is 3.05. The van der Waals surface area contributed by atoms with Gasteiger partial charge in [-0.15, -0.1) is 10.2 Å². The topological polar surface area (TPSA) is 69.0 Å². The number of nitrogens with zero attached hydrogens (tertiary/aromatic N) is 3. The van der Waals surface area contributed by atoms with Gasteiger partial charge < -0.3 is 14.6 Å². The molecule has 9 heteroatoms. The average molecular weight is 451 g/mol. The largest absolute Gasteiger partial charge is 0.481 e. The van der Waals surface area contributed by atoms with Gasteiger partial charge in [0.25, 0.3) is 0 Å². The van der Waals surface area contributed by atoms with Gasteiger partial charge in [-0.3, -0.25) is 4.79 Å². The predicted molar refractivity (Wildman–Crippen MR) is 117 cm³/mol. The summed E-state index contributed by atoms with van der Waals surface area (Å²) in [6.45, 7) is 3.78. The molecule has 1 atom stereocenters. The summed E-state index contributed by atoms with van der Waals surface area (Å²) in [7, 11) is 1.84.